The zero-order valence-corrected chi connectivity index (χ0v) is 16.9. The van der Waals surface area contributed by atoms with Gasteiger partial charge in [-0.3, -0.25) is 4.79 Å². The van der Waals surface area contributed by atoms with Crippen LogP contribution in [0.5, 0.6) is 0 Å². The van der Waals surface area contributed by atoms with Crippen LogP contribution < -0.4 is 0 Å². The maximum atomic E-state index is 14.0. The summed E-state index contributed by atoms with van der Waals surface area (Å²) in [5.41, 5.74) is 0.270. The van der Waals surface area contributed by atoms with Crippen LogP contribution in [0.1, 0.15) is 34.3 Å². The van der Waals surface area contributed by atoms with Gasteiger partial charge in [0.1, 0.15) is 0 Å². The lowest BCUT2D eigenvalue weighted by molar-refractivity contribution is -0.0215. The van der Waals surface area contributed by atoms with Crippen molar-refractivity contribution in [3.05, 3.63) is 83.0 Å². The molecule has 0 spiro atoms. The fourth-order valence-electron chi connectivity index (χ4n) is 3.95. The Hall–Kier alpha value is -2.70. The van der Waals surface area contributed by atoms with Crippen molar-refractivity contribution >= 4 is 28.4 Å². The minimum Gasteiger partial charge on any atom is -0.385 e. The van der Waals surface area contributed by atoms with E-state index in [1.807, 2.05) is 0 Å². The smallest absolute Gasteiger partial charge is 0.291 e. The number of benzene rings is 2. The SMILES string of the molecule is C=CC(F)(F)c1cccc(C2(O)CCN(C(=O)c3c[nH]c4cc(Cl)ccc34)CC2)c1. The molecule has 1 aliphatic rings. The molecule has 0 aliphatic carbocycles. The van der Waals surface area contributed by atoms with E-state index >= 15 is 0 Å². The number of nitrogens with zero attached hydrogens (tertiary/aromatic N) is 1. The van der Waals surface area contributed by atoms with E-state index in [2.05, 4.69) is 11.6 Å². The number of hydrogen-bond donors (Lipinski definition) is 2. The molecule has 2 N–H and O–H groups in total. The molecule has 1 amide bonds. The molecule has 1 aliphatic heterocycles. The lowest BCUT2D eigenvalue weighted by atomic mass is 9.83. The highest BCUT2D eigenvalue weighted by Gasteiger charge is 2.37. The van der Waals surface area contributed by atoms with E-state index in [1.54, 1.807) is 35.4 Å². The van der Waals surface area contributed by atoms with Gasteiger partial charge < -0.3 is 15.0 Å². The summed E-state index contributed by atoms with van der Waals surface area (Å²) >= 11 is 6.00. The van der Waals surface area contributed by atoms with Crippen LogP contribution in [0.15, 0.2) is 61.3 Å². The summed E-state index contributed by atoms with van der Waals surface area (Å²) in [4.78, 5) is 17.7. The van der Waals surface area contributed by atoms with Crippen LogP contribution in [-0.2, 0) is 11.5 Å². The number of carbonyl (C=O) groups excluding carboxylic acids is 1. The van der Waals surface area contributed by atoms with Crippen molar-refractivity contribution in [1.82, 2.24) is 9.88 Å². The normalized spacial score (nSPS) is 16.6. The number of amides is 1. The highest BCUT2D eigenvalue weighted by atomic mass is 35.5. The Balaban J connectivity index is 1.52. The van der Waals surface area contributed by atoms with Crippen LogP contribution in [0.4, 0.5) is 8.78 Å². The fraction of sp³-hybridized carbons (Fsp3) is 0.261. The van der Waals surface area contributed by atoms with Crippen molar-refractivity contribution in [3.63, 3.8) is 0 Å². The zero-order valence-electron chi connectivity index (χ0n) is 16.2. The van der Waals surface area contributed by atoms with Crippen molar-refractivity contribution in [1.29, 1.82) is 0 Å². The highest BCUT2D eigenvalue weighted by molar-refractivity contribution is 6.31. The molecule has 1 aromatic heterocycles. The minimum absolute atomic E-state index is 0.141. The number of H-pyrrole nitrogens is 1. The minimum atomic E-state index is -3.17. The van der Waals surface area contributed by atoms with E-state index in [0.29, 0.717) is 35.3 Å². The maximum Gasteiger partial charge on any atom is 0.291 e. The lowest BCUT2D eigenvalue weighted by Crippen LogP contribution is -2.45. The summed E-state index contributed by atoms with van der Waals surface area (Å²) in [5, 5.41) is 12.5. The van der Waals surface area contributed by atoms with Gasteiger partial charge in [0.2, 0.25) is 0 Å². The van der Waals surface area contributed by atoms with Crippen molar-refractivity contribution in [3.8, 4) is 0 Å². The van der Waals surface area contributed by atoms with Crippen LogP contribution in [0.2, 0.25) is 5.02 Å². The summed E-state index contributed by atoms with van der Waals surface area (Å²) in [5.74, 6) is -3.31. The molecule has 0 unspecified atom stereocenters. The summed E-state index contributed by atoms with van der Waals surface area (Å²) in [6, 6.07) is 11.1. The van der Waals surface area contributed by atoms with Gasteiger partial charge in [0, 0.05) is 40.8 Å². The number of rotatable bonds is 4. The molecule has 7 heteroatoms. The van der Waals surface area contributed by atoms with Crippen molar-refractivity contribution in [2.75, 3.05) is 13.1 Å². The van der Waals surface area contributed by atoms with Gasteiger partial charge >= 0.3 is 0 Å². The summed E-state index contributed by atoms with van der Waals surface area (Å²) in [6.07, 6.45) is 2.77. The van der Waals surface area contributed by atoms with Gasteiger partial charge in [-0.1, -0.05) is 42.4 Å². The molecule has 3 aromatic rings. The van der Waals surface area contributed by atoms with Gasteiger partial charge in [-0.2, -0.15) is 8.78 Å². The number of piperidine rings is 1. The Labute approximate surface area is 177 Å². The lowest BCUT2D eigenvalue weighted by Gasteiger charge is -2.38. The Bertz CT molecular complexity index is 1120. The first-order chi connectivity index (χ1) is 14.2. The first kappa shape index (κ1) is 20.6. The Morgan fingerprint density at radius 1 is 1.23 bits per heavy atom. The second-order valence-corrected chi connectivity index (χ2v) is 8.06. The zero-order chi connectivity index (χ0) is 21.5. The molecule has 2 aromatic carbocycles. The molecule has 1 saturated heterocycles. The van der Waals surface area contributed by atoms with Gasteiger partial charge in [0.25, 0.3) is 11.8 Å². The second kappa shape index (κ2) is 7.52. The van der Waals surface area contributed by atoms with Crippen LogP contribution in [0.3, 0.4) is 0 Å². The van der Waals surface area contributed by atoms with E-state index in [0.717, 1.165) is 10.9 Å². The predicted octanol–water partition coefficient (Wildman–Crippen LogP) is 5.22. The third-order valence-corrected chi connectivity index (χ3v) is 6.03. The van der Waals surface area contributed by atoms with Gasteiger partial charge in [0.15, 0.2) is 0 Å². The fourth-order valence-corrected chi connectivity index (χ4v) is 4.12. The van der Waals surface area contributed by atoms with Crippen molar-refractivity contribution in [2.24, 2.45) is 0 Å². The van der Waals surface area contributed by atoms with E-state index in [4.69, 9.17) is 11.6 Å². The molecule has 0 bridgehead atoms. The quantitative estimate of drug-likeness (QED) is 0.557. The number of aromatic nitrogens is 1. The molecule has 156 valence electrons. The van der Waals surface area contributed by atoms with Crippen LogP contribution in [0, 0.1) is 0 Å². The van der Waals surface area contributed by atoms with Crippen LogP contribution in [0.25, 0.3) is 10.9 Å². The number of carbonyl (C=O) groups is 1. The maximum absolute atomic E-state index is 14.0. The summed E-state index contributed by atoms with van der Waals surface area (Å²) < 4.78 is 27.9. The standard InChI is InChI=1S/C23H21ClF2N2O2/c1-2-23(25,26)16-5-3-4-15(12-16)22(30)8-10-28(11-9-22)21(29)19-14-27-20-13-17(24)6-7-18(19)20/h2-7,12-14,27,30H,1,8-11H2. The molecule has 4 rings (SSSR count). The first-order valence-electron chi connectivity index (χ1n) is 9.64. The number of hydrogen-bond acceptors (Lipinski definition) is 2. The van der Waals surface area contributed by atoms with Gasteiger partial charge in [0.05, 0.1) is 11.2 Å². The number of nitrogens with one attached hydrogen (secondary N) is 1. The van der Waals surface area contributed by atoms with E-state index in [9.17, 15) is 18.7 Å². The van der Waals surface area contributed by atoms with Gasteiger partial charge in [-0.15, -0.1) is 0 Å². The monoisotopic (exact) mass is 430 g/mol. The summed E-state index contributed by atoms with van der Waals surface area (Å²) in [6.45, 7) is 3.82. The number of halogens is 3. The molecule has 30 heavy (non-hydrogen) atoms. The summed E-state index contributed by atoms with van der Waals surface area (Å²) in [7, 11) is 0. The Morgan fingerprint density at radius 2 is 1.97 bits per heavy atom. The van der Waals surface area contributed by atoms with Gasteiger partial charge in [-0.25, -0.2) is 0 Å². The topological polar surface area (TPSA) is 56.3 Å². The highest BCUT2D eigenvalue weighted by Crippen LogP contribution is 2.37. The van der Waals surface area contributed by atoms with E-state index < -0.39 is 11.5 Å². The van der Waals surface area contributed by atoms with Crippen LogP contribution in [-0.4, -0.2) is 34.0 Å². The molecular weight excluding hydrogens is 410 g/mol. The number of allylic oxidation sites excluding steroid dienone is 1. The molecule has 4 nitrogen and oxygen atoms in total. The molecule has 0 atom stereocenters. The van der Waals surface area contributed by atoms with Crippen molar-refractivity contribution in [2.45, 2.75) is 24.4 Å². The third kappa shape index (κ3) is 3.61. The predicted molar refractivity (Wildman–Crippen MR) is 113 cm³/mol. The molecule has 1 fully saturated rings. The number of aromatic amines is 1. The second-order valence-electron chi connectivity index (χ2n) is 7.62. The number of fused-ring (bicyclic) bond motifs is 1. The first-order valence-corrected chi connectivity index (χ1v) is 10.0. The number of likely N-dealkylation sites (tertiary alicyclic amines) is 1. The molecule has 0 radical (unpaired) electrons. The Kier molecular flexibility index (Phi) is 5.16. The largest absolute Gasteiger partial charge is 0.385 e. The van der Waals surface area contributed by atoms with E-state index in [1.165, 1.54) is 18.2 Å². The van der Waals surface area contributed by atoms with Crippen LogP contribution >= 0.6 is 11.6 Å². The van der Waals surface area contributed by atoms with E-state index in [-0.39, 0.29) is 24.3 Å². The molecule has 0 saturated carbocycles. The molecule has 2 heterocycles. The Morgan fingerprint density at radius 3 is 2.67 bits per heavy atom. The third-order valence-electron chi connectivity index (χ3n) is 5.79. The molecular formula is C23H21ClF2N2O2. The van der Waals surface area contributed by atoms with Gasteiger partial charge in [-0.05, 0) is 42.7 Å². The number of alkyl halides is 2. The number of aliphatic hydroxyl groups is 1. The average molecular weight is 431 g/mol. The van der Waals surface area contributed by atoms with Crippen molar-refractivity contribution < 1.29 is 18.7 Å². The average Bonchev–Trinajstić information content (AvgIpc) is 3.17.